The molecule has 2 aromatic carbocycles. The molecule has 0 spiro atoms. The van der Waals surface area contributed by atoms with E-state index in [-0.39, 0.29) is 50.2 Å². The molecule has 2 atom stereocenters. The van der Waals surface area contributed by atoms with Crippen LogP contribution in [0.5, 0.6) is 11.5 Å². The van der Waals surface area contributed by atoms with Crippen LogP contribution in [0, 0.1) is 24.7 Å². The lowest BCUT2D eigenvalue weighted by molar-refractivity contribution is -0.126. The summed E-state index contributed by atoms with van der Waals surface area (Å²) in [5, 5.41) is 16.3. The lowest BCUT2D eigenvalue weighted by Gasteiger charge is -2.31. The highest BCUT2D eigenvalue weighted by molar-refractivity contribution is 7.89. The van der Waals surface area contributed by atoms with Crippen molar-refractivity contribution in [2.75, 3.05) is 33.0 Å². The predicted octanol–water partition coefficient (Wildman–Crippen LogP) is 2.14. The number of benzene rings is 2. The standard InChI is InChI=1S/C25H34N4O7S.C4H10.C2H2/c1-17(2)14-29(37(33,34)19-8-9-22-23(11-19)36-16-35-22)15-21(30)20(10-18-6-4-3-5-7-18)28-25(32)13-27-24(31)12-26;1-4(2)3;1-2/h3-9,11,17,20-21,30H,10,12-16,26H2,1-2H3,(H,27,31)(H,28,32);4H,1-3H3;1-2H/t20-,21+;;/m0../s1. The molecule has 0 fully saturated rings. The van der Waals surface area contributed by atoms with Gasteiger partial charge in [0.2, 0.25) is 28.6 Å². The van der Waals surface area contributed by atoms with E-state index in [0.717, 1.165) is 11.5 Å². The molecule has 238 valence electrons. The van der Waals surface area contributed by atoms with Crippen molar-refractivity contribution < 1.29 is 32.6 Å². The summed E-state index contributed by atoms with van der Waals surface area (Å²) < 4.78 is 39.0. The molecule has 0 aliphatic carbocycles. The van der Waals surface area contributed by atoms with Crippen LogP contribution in [0.1, 0.15) is 40.2 Å². The van der Waals surface area contributed by atoms with Crippen LogP contribution < -0.4 is 25.8 Å². The van der Waals surface area contributed by atoms with Crippen LogP contribution in [-0.2, 0) is 26.0 Å². The number of fused-ring (bicyclic) bond motifs is 1. The molecule has 11 nitrogen and oxygen atoms in total. The highest BCUT2D eigenvalue weighted by Gasteiger charge is 2.32. The molecule has 2 aromatic rings. The zero-order valence-electron chi connectivity index (χ0n) is 25.7. The molecule has 0 saturated carbocycles. The number of hydrogen-bond acceptors (Lipinski definition) is 8. The molecule has 0 bridgehead atoms. The smallest absolute Gasteiger partial charge is 0.243 e. The third-order valence-corrected chi connectivity index (χ3v) is 7.51. The van der Waals surface area contributed by atoms with Crippen molar-refractivity contribution in [3.05, 3.63) is 54.1 Å². The van der Waals surface area contributed by atoms with Gasteiger partial charge in [0.05, 0.1) is 30.1 Å². The predicted molar refractivity (Wildman–Crippen MR) is 167 cm³/mol. The summed E-state index contributed by atoms with van der Waals surface area (Å²) in [4.78, 5) is 24.0. The first-order valence-electron chi connectivity index (χ1n) is 14.0. The van der Waals surface area contributed by atoms with Gasteiger partial charge < -0.3 is 30.9 Å². The summed E-state index contributed by atoms with van der Waals surface area (Å²) in [5.41, 5.74) is 6.10. The summed E-state index contributed by atoms with van der Waals surface area (Å²) in [5.74, 6) is 0.565. The number of hydrogen-bond donors (Lipinski definition) is 4. The molecular formula is C31H46N4O7S. The van der Waals surface area contributed by atoms with Crippen LogP contribution in [0.25, 0.3) is 0 Å². The Balaban J connectivity index is 0.00000142. The van der Waals surface area contributed by atoms with Gasteiger partial charge in [-0.05, 0) is 36.0 Å². The first kappa shape index (κ1) is 37.4. The number of nitrogens with one attached hydrogen (secondary N) is 2. The van der Waals surface area contributed by atoms with Crippen LogP contribution in [-0.4, -0.2) is 74.8 Å². The Morgan fingerprint density at radius 1 is 0.977 bits per heavy atom. The maximum absolute atomic E-state index is 13.6. The minimum Gasteiger partial charge on any atom is -0.454 e. The van der Waals surface area contributed by atoms with Crippen LogP contribution in [0.2, 0.25) is 0 Å². The molecule has 0 aromatic heterocycles. The Morgan fingerprint density at radius 3 is 2.16 bits per heavy atom. The van der Waals surface area contributed by atoms with Crippen molar-refractivity contribution in [1.29, 1.82) is 0 Å². The molecule has 1 aliphatic heterocycles. The van der Waals surface area contributed by atoms with E-state index < -0.39 is 34.0 Å². The van der Waals surface area contributed by atoms with Crippen molar-refractivity contribution in [3.63, 3.8) is 0 Å². The summed E-state index contributed by atoms with van der Waals surface area (Å²) in [6, 6.07) is 12.7. The largest absolute Gasteiger partial charge is 0.454 e. The van der Waals surface area contributed by atoms with E-state index >= 15 is 0 Å². The molecule has 2 amide bonds. The van der Waals surface area contributed by atoms with Crippen molar-refractivity contribution in [2.24, 2.45) is 17.6 Å². The molecule has 0 unspecified atom stereocenters. The summed E-state index contributed by atoms with van der Waals surface area (Å²) in [6.07, 6.45) is 7.00. The number of nitrogens with two attached hydrogens (primary N) is 1. The average Bonchev–Trinajstić information content (AvgIpc) is 3.44. The van der Waals surface area contributed by atoms with Crippen molar-refractivity contribution in [2.45, 2.75) is 58.1 Å². The number of carbonyl (C=O) groups excluding carboxylic acids is 2. The van der Waals surface area contributed by atoms with Gasteiger partial charge in [0.25, 0.3) is 0 Å². The van der Waals surface area contributed by atoms with Gasteiger partial charge >= 0.3 is 0 Å². The van der Waals surface area contributed by atoms with E-state index in [9.17, 15) is 23.1 Å². The van der Waals surface area contributed by atoms with E-state index in [2.05, 4.69) is 44.3 Å². The maximum Gasteiger partial charge on any atom is 0.243 e. The van der Waals surface area contributed by atoms with Gasteiger partial charge in [-0.15, -0.1) is 12.8 Å². The first-order valence-corrected chi connectivity index (χ1v) is 15.5. The van der Waals surface area contributed by atoms with Crippen molar-refractivity contribution in [3.8, 4) is 24.3 Å². The van der Waals surface area contributed by atoms with E-state index in [1.807, 2.05) is 44.2 Å². The number of rotatable bonds is 13. The zero-order chi connectivity index (χ0) is 32.6. The van der Waals surface area contributed by atoms with E-state index in [4.69, 9.17) is 15.2 Å². The molecule has 3 rings (SSSR count). The van der Waals surface area contributed by atoms with E-state index in [1.165, 1.54) is 22.5 Å². The van der Waals surface area contributed by atoms with Gasteiger partial charge in [0, 0.05) is 19.2 Å². The number of nitrogens with zero attached hydrogens (tertiary/aromatic N) is 1. The van der Waals surface area contributed by atoms with Gasteiger partial charge in [-0.25, -0.2) is 8.42 Å². The molecule has 5 N–H and O–H groups in total. The quantitative estimate of drug-likeness (QED) is 0.249. The highest BCUT2D eigenvalue weighted by atomic mass is 32.2. The first-order chi connectivity index (χ1) is 20.3. The Hall–Kier alpha value is -3.63. The lowest BCUT2D eigenvalue weighted by atomic mass is 10.0. The fraction of sp³-hybridized carbons (Fsp3) is 0.484. The monoisotopic (exact) mass is 618 g/mol. The fourth-order valence-electron chi connectivity index (χ4n) is 3.86. The van der Waals surface area contributed by atoms with Crippen LogP contribution >= 0.6 is 0 Å². The Bertz CT molecular complexity index is 1260. The van der Waals surface area contributed by atoms with Crippen LogP contribution in [0.15, 0.2) is 53.4 Å². The Labute approximate surface area is 256 Å². The lowest BCUT2D eigenvalue weighted by Crippen LogP contribution is -2.53. The van der Waals surface area contributed by atoms with Gasteiger partial charge in [-0.1, -0.05) is 65.0 Å². The third kappa shape index (κ3) is 13.0. The van der Waals surface area contributed by atoms with Gasteiger partial charge in [0.1, 0.15) is 0 Å². The second-order valence-corrected chi connectivity index (χ2v) is 12.8. The Morgan fingerprint density at radius 2 is 1.58 bits per heavy atom. The Kier molecular flexibility index (Phi) is 16.4. The number of sulfonamides is 1. The number of ether oxygens (including phenoxy) is 2. The molecule has 0 saturated heterocycles. The van der Waals surface area contributed by atoms with Crippen molar-refractivity contribution >= 4 is 21.8 Å². The second kappa shape index (κ2) is 18.8. The molecule has 0 radical (unpaired) electrons. The van der Waals surface area contributed by atoms with Gasteiger partial charge in [-0.3, -0.25) is 9.59 Å². The summed E-state index contributed by atoms with van der Waals surface area (Å²) in [6.45, 7) is 9.56. The fourth-order valence-corrected chi connectivity index (χ4v) is 5.50. The number of terminal acetylenes is 1. The van der Waals surface area contributed by atoms with Gasteiger partial charge in [0.15, 0.2) is 11.5 Å². The van der Waals surface area contributed by atoms with Crippen LogP contribution in [0.4, 0.5) is 0 Å². The van der Waals surface area contributed by atoms with Gasteiger partial charge in [-0.2, -0.15) is 4.31 Å². The molecule has 1 heterocycles. The number of aliphatic hydroxyl groups is 1. The summed E-state index contributed by atoms with van der Waals surface area (Å²) >= 11 is 0. The normalized spacial score (nSPS) is 13.3. The van der Waals surface area contributed by atoms with Crippen molar-refractivity contribution in [1.82, 2.24) is 14.9 Å². The average molecular weight is 619 g/mol. The number of amides is 2. The molecule has 43 heavy (non-hydrogen) atoms. The SMILES string of the molecule is C#C.CC(C)C.CC(C)CN(C[C@@H](O)[C@H](Cc1ccccc1)NC(=O)CNC(=O)CN)S(=O)(=O)c1ccc2c(c1)OCO2. The minimum atomic E-state index is -4.02. The molecule has 12 heteroatoms. The minimum absolute atomic E-state index is 0.0118. The highest BCUT2D eigenvalue weighted by Crippen LogP contribution is 2.34. The maximum atomic E-state index is 13.6. The summed E-state index contributed by atoms with van der Waals surface area (Å²) in [7, 11) is -4.02. The van der Waals surface area contributed by atoms with E-state index in [0.29, 0.717) is 11.5 Å². The number of aliphatic hydroxyl groups excluding tert-OH is 1. The molecule has 1 aliphatic rings. The number of carbonyl (C=O) groups is 2. The zero-order valence-corrected chi connectivity index (χ0v) is 26.5. The topological polar surface area (TPSA) is 160 Å². The molecular weight excluding hydrogens is 572 g/mol. The van der Waals surface area contributed by atoms with Crippen LogP contribution in [0.3, 0.4) is 0 Å². The van der Waals surface area contributed by atoms with E-state index in [1.54, 1.807) is 0 Å². The second-order valence-electron chi connectivity index (χ2n) is 10.9. The third-order valence-electron chi connectivity index (χ3n) is 5.68.